The summed E-state index contributed by atoms with van der Waals surface area (Å²) < 4.78 is 57.4. The van der Waals surface area contributed by atoms with Crippen molar-refractivity contribution in [3.05, 3.63) is 60.6 Å². The zero-order chi connectivity index (χ0) is 35.0. The molecule has 1 N–H and O–H groups in total. The number of pyridine rings is 1. The molecule has 0 spiro atoms. The van der Waals surface area contributed by atoms with Crippen molar-refractivity contribution in [1.29, 1.82) is 0 Å². The number of nitrogens with one attached hydrogen (secondary N) is 1. The molecule has 1 unspecified atom stereocenters. The topological polar surface area (TPSA) is 102 Å². The minimum absolute atomic E-state index is 0.0151. The number of carbonyl (C=O) groups excluding carboxylic acids is 1. The molecular weight excluding hydrogens is 599 g/mol. The van der Waals surface area contributed by atoms with Crippen LogP contribution in [0.25, 0.3) is 32.9 Å². The number of carbonyl (C=O) groups is 1. The van der Waals surface area contributed by atoms with Gasteiger partial charge in [0.1, 0.15) is 29.5 Å². The smallest absolute Gasteiger partial charge is 0.319 e. The Kier molecular flexibility index (Phi) is 7.43. The molecule has 2 aromatic carbocycles. The number of terminal acetylenes is 1. The Morgan fingerprint density at radius 1 is 1.28 bits per heavy atom. The third kappa shape index (κ3) is 5.62. The van der Waals surface area contributed by atoms with E-state index in [1.54, 1.807) is 30.5 Å². The molecule has 3 fully saturated rings. The third-order valence-electron chi connectivity index (χ3n) is 9.53. The van der Waals surface area contributed by atoms with Gasteiger partial charge in [-0.3, -0.25) is 14.7 Å². The second kappa shape index (κ2) is 12.8. The van der Waals surface area contributed by atoms with Crippen LogP contribution in [0.1, 0.15) is 35.4 Å². The van der Waals surface area contributed by atoms with Crippen molar-refractivity contribution in [3.8, 4) is 35.4 Å². The fourth-order valence-corrected chi connectivity index (χ4v) is 7.33. The number of fused-ring (bicyclic) bond motifs is 3. The van der Waals surface area contributed by atoms with Crippen LogP contribution >= 0.6 is 0 Å². The van der Waals surface area contributed by atoms with Crippen LogP contribution in [-0.4, -0.2) is 90.4 Å². The van der Waals surface area contributed by atoms with E-state index in [9.17, 15) is 4.79 Å². The van der Waals surface area contributed by atoms with Crippen LogP contribution in [-0.2, 0) is 9.53 Å². The summed E-state index contributed by atoms with van der Waals surface area (Å²) in [5, 5.41) is 4.31. The number of rotatable bonds is 8. The normalized spacial score (nSPS) is 20.5. The van der Waals surface area contributed by atoms with Gasteiger partial charge in [0.15, 0.2) is 5.75 Å². The van der Waals surface area contributed by atoms with E-state index in [2.05, 4.69) is 22.7 Å². The Morgan fingerprint density at radius 3 is 2.91 bits per heavy atom. The largest absolute Gasteiger partial charge is 0.492 e. The first-order chi connectivity index (χ1) is 24.1. The number of hydrogen-bond acceptors (Lipinski definition) is 9. The number of benzene rings is 2. The maximum absolute atomic E-state index is 15.1. The van der Waals surface area contributed by atoms with Crippen molar-refractivity contribution in [3.63, 3.8) is 0 Å². The Hall–Kier alpha value is -4.79. The van der Waals surface area contributed by atoms with E-state index in [1.807, 2.05) is 4.90 Å². The zero-order valence-corrected chi connectivity index (χ0v) is 25.9. The van der Waals surface area contributed by atoms with Gasteiger partial charge in [-0.25, -0.2) is 4.39 Å². The van der Waals surface area contributed by atoms with Crippen LogP contribution in [0, 0.1) is 18.2 Å². The molecule has 0 saturated carbocycles. The SMILES string of the molecule is [2H]C([2H])([2H])Oc1c(-c2cccc3ccc(F)c(C#C)c23)ncc2c(N3CCOCC(NC(=O)C=C)C3)nc(OCC34CCCN3CCC4)nc12. The number of methoxy groups -OCH3 is 1. The number of ether oxygens (including phenoxy) is 3. The first-order valence-corrected chi connectivity index (χ1v) is 15.8. The summed E-state index contributed by atoms with van der Waals surface area (Å²) in [7, 11) is -2.91. The van der Waals surface area contributed by atoms with Gasteiger partial charge in [-0.2, -0.15) is 9.97 Å². The summed E-state index contributed by atoms with van der Waals surface area (Å²) in [6, 6.07) is 7.76. The van der Waals surface area contributed by atoms with Gasteiger partial charge in [-0.05, 0) is 56.3 Å². The average molecular weight is 640 g/mol. The molecule has 3 saturated heterocycles. The molecule has 242 valence electrons. The predicted molar refractivity (Wildman–Crippen MR) is 178 cm³/mol. The zero-order valence-electron chi connectivity index (χ0n) is 28.9. The Bertz CT molecular complexity index is 2010. The van der Waals surface area contributed by atoms with Crippen molar-refractivity contribution in [2.45, 2.75) is 37.3 Å². The lowest BCUT2D eigenvalue weighted by atomic mass is 9.95. The quantitative estimate of drug-likeness (QED) is 0.221. The molecule has 4 aromatic rings. The molecule has 7 rings (SSSR count). The number of hydrogen-bond donors (Lipinski definition) is 1. The van der Waals surface area contributed by atoms with Crippen molar-refractivity contribution in [1.82, 2.24) is 25.2 Å². The molecule has 1 amide bonds. The van der Waals surface area contributed by atoms with E-state index in [1.165, 1.54) is 12.1 Å². The minimum Gasteiger partial charge on any atom is -0.492 e. The summed E-state index contributed by atoms with van der Waals surface area (Å²) in [6.45, 7) is 7.25. The van der Waals surface area contributed by atoms with Crippen LogP contribution in [0.4, 0.5) is 10.2 Å². The summed E-state index contributed by atoms with van der Waals surface area (Å²) in [4.78, 5) is 31.0. The number of halogens is 1. The first kappa shape index (κ1) is 27.3. The van der Waals surface area contributed by atoms with E-state index in [0.717, 1.165) is 38.8 Å². The summed E-state index contributed by atoms with van der Waals surface area (Å²) >= 11 is 0. The van der Waals surface area contributed by atoms with E-state index in [4.69, 9.17) is 39.7 Å². The highest BCUT2D eigenvalue weighted by molar-refractivity contribution is 6.04. The van der Waals surface area contributed by atoms with Gasteiger partial charge in [0.05, 0.1) is 46.9 Å². The highest BCUT2D eigenvalue weighted by atomic mass is 19.1. The van der Waals surface area contributed by atoms with Gasteiger partial charge in [0, 0.05) is 30.2 Å². The highest BCUT2D eigenvalue weighted by Crippen LogP contribution is 2.42. The molecule has 2 aromatic heterocycles. The molecule has 0 aliphatic carbocycles. The number of amides is 1. The van der Waals surface area contributed by atoms with Crippen LogP contribution in [0.3, 0.4) is 0 Å². The van der Waals surface area contributed by atoms with Crippen LogP contribution in [0.15, 0.2) is 49.2 Å². The van der Waals surface area contributed by atoms with Crippen molar-refractivity contribution < 1.29 is 27.5 Å². The first-order valence-electron chi connectivity index (χ1n) is 17.3. The Labute approximate surface area is 277 Å². The van der Waals surface area contributed by atoms with Crippen molar-refractivity contribution in [2.75, 3.05) is 57.9 Å². The lowest BCUT2D eigenvalue weighted by molar-refractivity contribution is -0.117. The molecule has 0 bridgehead atoms. The van der Waals surface area contributed by atoms with Crippen LogP contribution < -0.4 is 19.7 Å². The average Bonchev–Trinajstić information content (AvgIpc) is 3.60. The summed E-state index contributed by atoms with van der Waals surface area (Å²) in [5.74, 6) is 1.76. The van der Waals surface area contributed by atoms with E-state index < -0.39 is 18.9 Å². The molecule has 5 heterocycles. The highest BCUT2D eigenvalue weighted by Gasteiger charge is 2.45. The standard InChI is InChI=1S/C36H37FN6O4/c1-4-25-28(37)12-11-23-9-6-10-26(30(23)25)31-33(45-3)32-27(19-38-31)34(42-17-18-46-21-24(20-42)39-29(44)5-2)41-35(40-32)47-22-36-13-7-15-43(36)16-8-14-36/h1,5-6,9-12,19,24H,2,7-8,13-18,20-22H2,3H3,(H,39,44)/i3D3. The van der Waals surface area contributed by atoms with Gasteiger partial charge < -0.3 is 24.4 Å². The molecule has 10 nitrogen and oxygen atoms in total. The van der Waals surface area contributed by atoms with E-state index in [0.29, 0.717) is 53.8 Å². The Balaban J connectivity index is 1.43. The summed E-state index contributed by atoms with van der Waals surface area (Å²) in [5.41, 5.74) is 0.533. The molecule has 11 heteroatoms. The fourth-order valence-electron chi connectivity index (χ4n) is 7.33. The van der Waals surface area contributed by atoms with Gasteiger partial charge in [-0.15, -0.1) is 6.42 Å². The van der Waals surface area contributed by atoms with Crippen molar-refractivity contribution in [2.24, 2.45) is 0 Å². The molecule has 47 heavy (non-hydrogen) atoms. The van der Waals surface area contributed by atoms with Gasteiger partial charge in [-0.1, -0.05) is 36.8 Å². The molecule has 3 aliphatic rings. The maximum atomic E-state index is 15.1. The lowest BCUT2D eigenvalue weighted by Crippen LogP contribution is -2.44. The monoisotopic (exact) mass is 639 g/mol. The Morgan fingerprint density at radius 2 is 2.13 bits per heavy atom. The molecule has 1 atom stereocenters. The molecule has 3 aliphatic heterocycles. The van der Waals surface area contributed by atoms with Gasteiger partial charge in [0.2, 0.25) is 5.91 Å². The van der Waals surface area contributed by atoms with Gasteiger partial charge >= 0.3 is 6.01 Å². The number of aromatic nitrogens is 3. The second-order valence-electron chi connectivity index (χ2n) is 12.2. The van der Waals surface area contributed by atoms with E-state index in [-0.39, 0.29) is 46.6 Å². The molecule has 0 radical (unpaired) electrons. The lowest BCUT2D eigenvalue weighted by Gasteiger charge is -2.31. The third-order valence-corrected chi connectivity index (χ3v) is 9.53. The van der Waals surface area contributed by atoms with Crippen LogP contribution in [0.5, 0.6) is 11.8 Å². The minimum atomic E-state index is -2.91. The van der Waals surface area contributed by atoms with Crippen LogP contribution in [0.2, 0.25) is 0 Å². The number of nitrogens with zero attached hydrogens (tertiary/aromatic N) is 5. The summed E-state index contributed by atoms with van der Waals surface area (Å²) in [6.07, 6.45) is 12.7. The fraction of sp³-hybridized carbons (Fsp3) is 0.389. The number of anilines is 1. The van der Waals surface area contributed by atoms with E-state index >= 15 is 4.39 Å². The van der Waals surface area contributed by atoms with Crippen molar-refractivity contribution >= 4 is 33.4 Å². The van der Waals surface area contributed by atoms with Gasteiger partial charge in [0.25, 0.3) is 0 Å². The predicted octanol–water partition coefficient (Wildman–Crippen LogP) is 4.49. The molecular formula is C36H37FN6O4. The maximum Gasteiger partial charge on any atom is 0.319 e. The second-order valence-corrected chi connectivity index (χ2v) is 12.2.